The van der Waals surface area contributed by atoms with Crippen LogP contribution in [0.5, 0.6) is 0 Å². The van der Waals surface area contributed by atoms with Crippen molar-refractivity contribution in [1.29, 1.82) is 0 Å². The van der Waals surface area contributed by atoms with Gasteiger partial charge in [-0.05, 0) is 61.6 Å². The molecule has 3 fully saturated rings. The third-order valence-corrected chi connectivity index (χ3v) is 10.4. The number of pyridine rings is 1. The Hall–Kier alpha value is -3.60. The van der Waals surface area contributed by atoms with Crippen LogP contribution in [0, 0.1) is 5.82 Å². The summed E-state index contributed by atoms with van der Waals surface area (Å²) in [6, 6.07) is 3.15. The third-order valence-electron chi connectivity index (χ3n) is 8.39. The maximum atomic E-state index is 15.2. The molecule has 2 aromatic rings. The molecule has 2 saturated carbocycles. The van der Waals surface area contributed by atoms with Gasteiger partial charge in [0.1, 0.15) is 18.0 Å². The molecule has 242 valence electrons. The highest BCUT2D eigenvalue weighted by atomic mass is 32.2. The highest BCUT2D eigenvalue weighted by Gasteiger charge is 2.67. The lowest BCUT2D eigenvalue weighted by atomic mass is 9.99. The molecule has 4 aliphatic rings. The van der Waals surface area contributed by atoms with Crippen molar-refractivity contribution in [3.05, 3.63) is 64.9 Å². The molecule has 0 bridgehead atoms. The van der Waals surface area contributed by atoms with Gasteiger partial charge in [-0.1, -0.05) is 0 Å². The predicted molar refractivity (Wildman–Crippen MR) is 143 cm³/mol. The Labute approximate surface area is 251 Å². The fourth-order valence-corrected chi connectivity index (χ4v) is 7.90. The van der Waals surface area contributed by atoms with Crippen LogP contribution in [0.4, 0.5) is 35.1 Å². The van der Waals surface area contributed by atoms with E-state index in [4.69, 9.17) is 0 Å². The summed E-state index contributed by atoms with van der Waals surface area (Å²) in [6.45, 7) is -1.28. The first kappa shape index (κ1) is 31.4. The lowest BCUT2D eigenvalue weighted by Crippen LogP contribution is -2.50. The molecule has 1 saturated heterocycles. The summed E-state index contributed by atoms with van der Waals surface area (Å²) < 4.78 is 139. The Kier molecular flexibility index (Phi) is 7.49. The van der Waals surface area contributed by atoms with Gasteiger partial charge < -0.3 is 10.6 Å². The van der Waals surface area contributed by atoms with Crippen LogP contribution < -0.4 is 10.6 Å². The van der Waals surface area contributed by atoms with E-state index in [0.717, 1.165) is 40.8 Å². The summed E-state index contributed by atoms with van der Waals surface area (Å²) in [4.78, 5) is 20.6. The number of carbonyl (C=O) groups is 1. The van der Waals surface area contributed by atoms with Gasteiger partial charge >= 0.3 is 12.4 Å². The fourth-order valence-electron chi connectivity index (χ4n) is 5.90. The number of amides is 1. The molecule has 45 heavy (non-hydrogen) atoms. The highest BCUT2D eigenvalue weighted by molar-refractivity contribution is 7.89. The van der Waals surface area contributed by atoms with Crippen LogP contribution in [0.2, 0.25) is 0 Å². The molecule has 1 aromatic heterocycles. The predicted octanol–water partition coefficient (Wildman–Crippen LogP) is 4.97. The average molecular weight is 664 g/mol. The maximum absolute atomic E-state index is 15.2. The van der Waals surface area contributed by atoms with Crippen molar-refractivity contribution in [2.75, 3.05) is 6.54 Å². The molecular formula is C28H25F8N5O3S. The van der Waals surface area contributed by atoms with Crippen LogP contribution >= 0.6 is 0 Å². The number of hydrogen-bond donors (Lipinski definition) is 2. The first-order valence-corrected chi connectivity index (χ1v) is 15.4. The first-order valence-electron chi connectivity index (χ1n) is 13.9. The number of amidine groups is 1. The maximum Gasteiger partial charge on any atom is 0.449 e. The van der Waals surface area contributed by atoms with E-state index in [1.807, 2.05) is 5.32 Å². The summed E-state index contributed by atoms with van der Waals surface area (Å²) >= 11 is 0. The topological polar surface area (TPSA) is 104 Å². The van der Waals surface area contributed by atoms with Gasteiger partial charge in [-0.3, -0.25) is 14.8 Å². The Morgan fingerprint density at radius 3 is 2.27 bits per heavy atom. The van der Waals surface area contributed by atoms with E-state index >= 15 is 4.39 Å². The zero-order chi connectivity index (χ0) is 32.5. The van der Waals surface area contributed by atoms with Crippen LogP contribution in [0.15, 0.2) is 46.4 Å². The number of alkyl halides is 7. The van der Waals surface area contributed by atoms with Crippen LogP contribution in [-0.4, -0.2) is 59.9 Å². The van der Waals surface area contributed by atoms with Crippen molar-refractivity contribution in [2.45, 2.75) is 79.6 Å². The van der Waals surface area contributed by atoms with Crippen LogP contribution in [0.3, 0.4) is 0 Å². The third kappa shape index (κ3) is 5.79. The molecule has 1 aromatic carbocycles. The number of nitrogens with one attached hydrogen (secondary N) is 2. The zero-order valence-corrected chi connectivity index (χ0v) is 24.0. The van der Waals surface area contributed by atoms with Gasteiger partial charge in [0.05, 0.1) is 33.9 Å². The minimum atomic E-state index is -4.92. The van der Waals surface area contributed by atoms with E-state index < -0.39 is 94.2 Å². The van der Waals surface area contributed by atoms with Crippen molar-refractivity contribution in [3.8, 4) is 0 Å². The second-order valence-corrected chi connectivity index (χ2v) is 13.3. The molecule has 17 heteroatoms. The Morgan fingerprint density at radius 1 is 1.07 bits per heavy atom. The van der Waals surface area contributed by atoms with Crippen molar-refractivity contribution < 1.29 is 48.3 Å². The summed E-state index contributed by atoms with van der Waals surface area (Å²) in [6.07, 6.45) is -9.95. The standard InChI is InChI=1S/C28H25F8N5O3S/c29-17-3-5-18(6-4-17)45(43,44)41-20(10-21(30)26(41)7-8-26)24(42)37-11-15-9-19(16-12-38-25(39-13-16)28(34,35)36)40-23(14-1-2-14)22(15)27(31,32)33/h3-6,9,12,14,20-21H,1-2,7-8,10-11,13H2,(H,37,42)(H,38,39)/t20-,21+/m0/s1. The number of benzene rings is 1. The summed E-state index contributed by atoms with van der Waals surface area (Å²) in [5.74, 6) is -3.59. The van der Waals surface area contributed by atoms with E-state index in [2.05, 4.69) is 15.3 Å². The van der Waals surface area contributed by atoms with Gasteiger partial charge in [0, 0.05) is 30.7 Å². The van der Waals surface area contributed by atoms with Gasteiger partial charge in [0.15, 0.2) is 0 Å². The molecule has 2 aliphatic carbocycles. The number of halogens is 8. The normalized spacial score (nSPS) is 23.4. The van der Waals surface area contributed by atoms with Crippen molar-refractivity contribution in [2.24, 2.45) is 4.99 Å². The second kappa shape index (κ2) is 10.7. The number of hydrogen-bond acceptors (Lipinski definition) is 6. The second-order valence-electron chi connectivity index (χ2n) is 11.5. The molecule has 2 aliphatic heterocycles. The summed E-state index contributed by atoms with van der Waals surface area (Å²) in [5, 5.41) is 4.32. The lowest BCUT2D eigenvalue weighted by molar-refractivity contribution is -0.139. The minimum absolute atomic E-state index is 0.0752. The largest absolute Gasteiger partial charge is 0.449 e. The molecule has 0 radical (unpaired) electrons. The Morgan fingerprint density at radius 2 is 1.73 bits per heavy atom. The van der Waals surface area contributed by atoms with E-state index in [1.54, 1.807) is 0 Å². The lowest BCUT2D eigenvalue weighted by Gasteiger charge is -2.29. The smallest absolute Gasteiger partial charge is 0.351 e. The monoisotopic (exact) mass is 663 g/mol. The number of nitrogens with zero attached hydrogens (tertiary/aromatic N) is 3. The van der Waals surface area contributed by atoms with Crippen molar-refractivity contribution in [1.82, 2.24) is 19.9 Å². The molecule has 0 unspecified atom stereocenters. The minimum Gasteiger partial charge on any atom is -0.351 e. The fraction of sp³-hybridized carbons (Fsp3) is 0.464. The molecule has 8 nitrogen and oxygen atoms in total. The highest BCUT2D eigenvalue weighted by Crippen LogP contribution is 2.55. The van der Waals surface area contributed by atoms with Gasteiger partial charge in [-0.15, -0.1) is 0 Å². The SMILES string of the molecule is O=C(NCc1cc(C2=CNC(C(F)(F)F)=NC2)nc(C2CC2)c1C(F)(F)F)[C@@H]1C[C@@H](F)C2(CC2)N1S(=O)(=O)c1ccc(F)cc1. The van der Waals surface area contributed by atoms with E-state index in [-0.39, 0.29) is 34.7 Å². The molecule has 1 spiro atoms. The number of sulfonamides is 1. The van der Waals surface area contributed by atoms with Crippen LogP contribution in [0.25, 0.3) is 5.57 Å². The molecule has 3 heterocycles. The zero-order valence-electron chi connectivity index (χ0n) is 23.1. The van der Waals surface area contributed by atoms with Crippen molar-refractivity contribution in [3.63, 3.8) is 0 Å². The molecule has 6 rings (SSSR count). The van der Waals surface area contributed by atoms with Gasteiger partial charge in [-0.25, -0.2) is 17.2 Å². The van der Waals surface area contributed by atoms with Crippen LogP contribution in [0.1, 0.15) is 60.5 Å². The van der Waals surface area contributed by atoms with E-state index in [9.17, 15) is 43.9 Å². The number of aromatic nitrogens is 1. The van der Waals surface area contributed by atoms with Gasteiger partial charge in [0.25, 0.3) is 0 Å². The van der Waals surface area contributed by atoms with Gasteiger partial charge in [0.2, 0.25) is 21.8 Å². The summed E-state index contributed by atoms with van der Waals surface area (Å²) in [5.41, 5.74) is -3.37. The van der Waals surface area contributed by atoms with Crippen LogP contribution in [-0.2, 0) is 27.5 Å². The Balaban J connectivity index is 1.31. The molecule has 2 atom stereocenters. The number of carbonyl (C=O) groups excluding carboxylic acids is 1. The number of aliphatic imine (C=N–C) groups is 1. The first-order chi connectivity index (χ1) is 21.0. The number of rotatable bonds is 7. The molecule has 2 N–H and O–H groups in total. The van der Waals surface area contributed by atoms with Crippen molar-refractivity contribution >= 4 is 27.3 Å². The molecule has 1 amide bonds. The quantitative estimate of drug-likeness (QED) is 0.408. The Bertz CT molecular complexity index is 1700. The van der Waals surface area contributed by atoms with E-state index in [1.165, 1.54) is 0 Å². The average Bonchev–Trinajstić information content (AvgIpc) is 3.89. The summed E-state index contributed by atoms with van der Waals surface area (Å²) in [7, 11) is -4.52. The molecular weight excluding hydrogens is 638 g/mol. The van der Waals surface area contributed by atoms with Gasteiger partial charge in [-0.2, -0.15) is 30.6 Å². The van der Waals surface area contributed by atoms with E-state index in [0.29, 0.717) is 12.8 Å².